The Labute approximate surface area is 259 Å². The van der Waals surface area contributed by atoms with E-state index in [0.29, 0.717) is 0 Å². The molecule has 0 radical (unpaired) electrons. The second-order valence-electron chi connectivity index (χ2n) is 7.77. The van der Waals surface area contributed by atoms with Crippen molar-refractivity contribution in [2.75, 3.05) is 0 Å². The Morgan fingerprint density at radius 1 is 0.595 bits per heavy atom. The van der Waals surface area contributed by atoms with Gasteiger partial charge in [0.25, 0.3) is 0 Å². The zero-order valence-electron chi connectivity index (χ0n) is 19.4. The Morgan fingerprint density at radius 3 is 1.41 bits per heavy atom. The van der Waals surface area contributed by atoms with E-state index in [9.17, 15) is 9.59 Å². The first-order chi connectivity index (χ1) is 18.0. The normalized spacial score (nSPS) is 10.4. The van der Waals surface area contributed by atoms with Crippen molar-refractivity contribution in [1.29, 1.82) is 0 Å². The minimum atomic E-state index is -1.22. The molecule has 4 nitrogen and oxygen atoms in total. The number of rotatable bonds is 10. The fourth-order valence-electron chi connectivity index (χ4n) is 3.28. The summed E-state index contributed by atoms with van der Waals surface area (Å²) in [6.45, 7) is 0. The fourth-order valence-corrected chi connectivity index (χ4v) is 6.56. The molecule has 4 rings (SSSR count). The summed E-state index contributed by atoms with van der Waals surface area (Å²) in [6.07, 6.45) is 0.255. The molecular formula is C28H20AlI2O4S2+. The second kappa shape index (κ2) is 14.6. The van der Waals surface area contributed by atoms with Gasteiger partial charge in [-0.25, -0.2) is 0 Å². The quantitative estimate of drug-likeness (QED) is 0.123. The number of carbonyl (C=O) groups excluding carboxylic acids is 2. The molecule has 0 saturated carbocycles. The first kappa shape index (κ1) is 28.5. The van der Waals surface area contributed by atoms with Crippen LogP contribution in [0.15, 0.2) is 117 Å². The number of hydrogen-bond donors (Lipinski definition) is 0. The average molecular weight is 765 g/mol. The van der Waals surface area contributed by atoms with E-state index in [0.717, 1.165) is 37.8 Å². The molecule has 0 atom stereocenters. The number of halogens is 2. The summed E-state index contributed by atoms with van der Waals surface area (Å²) in [7, 11) is 0. The first-order valence-electron chi connectivity index (χ1n) is 11.2. The van der Waals surface area contributed by atoms with E-state index in [-0.39, 0.29) is 12.8 Å². The van der Waals surface area contributed by atoms with Gasteiger partial charge < -0.3 is 0 Å². The Bertz CT molecular complexity index is 1270. The summed E-state index contributed by atoms with van der Waals surface area (Å²) >= 11 is 6.49. The maximum atomic E-state index is 12.4. The molecule has 4 aromatic rings. The SMILES string of the molecule is O=C(Cc1cc(Sc2ccccc2)ccc1I)[O][Al+][O]C(=O)Cc1cc(Sc2ccccc2)ccc1I. The Balaban J connectivity index is 1.26. The summed E-state index contributed by atoms with van der Waals surface area (Å²) < 4.78 is 12.5. The number of benzene rings is 4. The van der Waals surface area contributed by atoms with Gasteiger partial charge in [0.2, 0.25) is 0 Å². The van der Waals surface area contributed by atoms with E-state index in [1.165, 1.54) is 0 Å². The summed E-state index contributed by atoms with van der Waals surface area (Å²) in [5.41, 5.74) is 1.78. The molecule has 4 aromatic carbocycles. The molecule has 0 aliphatic carbocycles. The molecule has 9 heteroatoms. The molecule has 0 aliphatic heterocycles. The third-order valence-corrected chi connectivity index (χ3v) is 9.84. The van der Waals surface area contributed by atoms with Gasteiger partial charge in [0.05, 0.1) is 0 Å². The van der Waals surface area contributed by atoms with Gasteiger partial charge in [-0.05, 0) is 0 Å². The molecule has 0 spiro atoms. The van der Waals surface area contributed by atoms with Crippen LogP contribution in [0.3, 0.4) is 0 Å². The van der Waals surface area contributed by atoms with Crippen LogP contribution in [0.2, 0.25) is 0 Å². The molecule has 0 fully saturated rings. The average Bonchev–Trinajstić information content (AvgIpc) is 2.89. The second-order valence-corrected chi connectivity index (χ2v) is 13.0. The Hall–Kier alpha value is -1.49. The summed E-state index contributed by atoms with van der Waals surface area (Å²) in [5, 5.41) is 0. The van der Waals surface area contributed by atoms with Crippen LogP contribution in [0.25, 0.3) is 0 Å². The standard InChI is InChI=1S/2C14H11IO2S.Al/c2*15-13-7-6-12(8-10(13)9-14(16)17)18-11-4-2-1-3-5-11;/h2*1-8H,9H2,(H,16,17);/q;;+3/p-2. The minimum absolute atomic E-state index is 0.128. The summed E-state index contributed by atoms with van der Waals surface area (Å²) in [4.78, 5) is 29.2. The zero-order chi connectivity index (χ0) is 26.0. The molecule has 37 heavy (non-hydrogen) atoms. The van der Waals surface area contributed by atoms with Gasteiger partial charge in [-0.3, -0.25) is 0 Å². The molecular weight excluding hydrogens is 745 g/mol. The van der Waals surface area contributed by atoms with Crippen molar-refractivity contribution in [2.45, 2.75) is 32.4 Å². The molecule has 0 bridgehead atoms. The van der Waals surface area contributed by atoms with Gasteiger partial charge in [0.15, 0.2) is 0 Å². The van der Waals surface area contributed by atoms with Gasteiger partial charge >= 0.3 is 261 Å². The fraction of sp³-hybridized carbons (Fsp3) is 0.0714. The predicted octanol–water partition coefficient (Wildman–Crippen LogP) is 7.60. The van der Waals surface area contributed by atoms with Crippen molar-refractivity contribution in [2.24, 2.45) is 0 Å². The van der Waals surface area contributed by atoms with Crippen LogP contribution in [-0.2, 0) is 30.0 Å². The first-order valence-corrected chi connectivity index (χ1v) is 15.9. The van der Waals surface area contributed by atoms with Crippen LogP contribution in [0.5, 0.6) is 0 Å². The van der Waals surface area contributed by atoms with Crippen molar-refractivity contribution in [1.82, 2.24) is 0 Å². The molecule has 0 N–H and O–H groups in total. The van der Waals surface area contributed by atoms with Crippen LogP contribution in [0.4, 0.5) is 0 Å². The van der Waals surface area contributed by atoms with Crippen LogP contribution >= 0.6 is 68.7 Å². The maximum absolute atomic E-state index is 12.4. The van der Waals surface area contributed by atoms with Crippen molar-refractivity contribution in [3.63, 3.8) is 0 Å². The van der Waals surface area contributed by atoms with Crippen molar-refractivity contribution < 1.29 is 17.2 Å². The zero-order valence-corrected chi connectivity index (χ0v) is 26.5. The van der Waals surface area contributed by atoms with Crippen molar-refractivity contribution >= 4 is 96.5 Å². The van der Waals surface area contributed by atoms with Gasteiger partial charge in [0.1, 0.15) is 0 Å². The van der Waals surface area contributed by atoms with E-state index in [2.05, 4.69) is 45.2 Å². The van der Waals surface area contributed by atoms with Crippen LogP contribution in [0.1, 0.15) is 11.1 Å². The summed E-state index contributed by atoms with van der Waals surface area (Å²) in [5.74, 6) is -0.808. The van der Waals surface area contributed by atoms with E-state index in [1.807, 2.05) is 97.1 Å². The van der Waals surface area contributed by atoms with Gasteiger partial charge in [-0.2, -0.15) is 0 Å². The molecule has 184 valence electrons. The van der Waals surface area contributed by atoms with Crippen LogP contribution in [0, 0.1) is 7.14 Å². The van der Waals surface area contributed by atoms with Gasteiger partial charge in [-0.1, -0.05) is 0 Å². The van der Waals surface area contributed by atoms with Crippen LogP contribution in [-0.4, -0.2) is 27.8 Å². The van der Waals surface area contributed by atoms with E-state index in [1.54, 1.807) is 23.5 Å². The topological polar surface area (TPSA) is 52.6 Å². The molecule has 0 aliphatic rings. The Kier molecular flexibility index (Phi) is 11.3. The monoisotopic (exact) mass is 765 g/mol. The molecule has 0 heterocycles. The predicted molar refractivity (Wildman–Crippen MR) is 165 cm³/mol. The third kappa shape index (κ3) is 9.34. The Morgan fingerprint density at radius 2 is 1.00 bits per heavy atom. The number of carbonyl (C=O) groups is 2. The number of hydrogen-bond acceptors (Lipinski definition) is 6. The van der Waals surface area contributed by atoms with Crippen LogP contribution < -0.4 is 0 Å². The molecule has 0 unspecified atom stereocenters. The molecule has 0 amide bonds. The third-order valence-electron chi connectivity index (χ3n) is 5.02. The van der Waals surface area contributed by atoms with Crippen molar-refractivity contribution in [3.8, 4) is 0 Å². The summed E-state index contributed by atoms with van der Waals surface area (Å²) in [6, 6.07) is 32.2. The van der Waals surface area contributed by atoms with Gasteiger partial charge in [0, 0.05) is 0 Å². The van der Waals surface area contributed by atoms with E-state index >= 15 is 0 Å². The van der Waals surface area contributed by atoms with Crippen molar-refractivity contribution in [3.05, 3.63) is 115 Å². The molecule has 0 aromatic heterocycles. The van der Waals surface area contributed by atoms with Gasteiger partial charge in [-0.15, -0.1) is 0 Å². The van der Waals surface area contributed by atoms with E-state index in [4.69, 9.17) is 7.58 Å². The molecule has 0 saturated heterocycles. The van der Waals surface area contributed by atoms with E-state index < -0.39 is 27.8 Å².